The number of aryl methyl sites for hydroxylation is 5. The Hall–Kier alpha value is -3.31. The Kier molecular flexibility index (Phi) is 7.25. The fourth-order valence-corrected chi connectivity index (χ4v) is 5.43. The third-order valence-electron chi connectivity index (χ3n) is 7.28. The highest BCUT2D eigenvalue weighted by Crippen LogP contribution is 2.35. The molecule has 0 bridgehead atoms. The van der Waals surface area contributed by atoms with E-state index in [-0.39, 0.29) is 11.8 Å². The van der Waals surface area contributed by atoms with E-state index in [1.165, 1.54) is 0 Å². The van der Waals surface area contributed by atoms with Crippen LogP contribution in [0.2, 0.25) is 5.02 Å². The number of rotatable bonds is 8. The lowest BCUT2D eigenvalue weighted by Gasteiger charge is -2.20. The number of ether oxygens (including phenoxy) is 1. The third kappa shape index (κ3) is 5.24. The second-order valence-corrected chi connectivity index (χ2v) is 10.6. The van der Waals surface area contributed by atoms with Crippen molar-refractivity contribution in [1.82, 2.24) is 9.55 Å². The first-order chi connectivity index (χ1) is 17.8. The largest absolute Gasteiger partial charge is 0.494 e. The molecule has 0 N–H and O–H groups in total. The maximum atomic E-state index is 13.1. The molecule has 0 spiro atoms. The van der Waals surface area contributed by atoms with Crippen LogP contribution in [0.4, 0.5) is 5.69 Å². The van der Waals surface area contributed by atoms with E-state index >= 15 is 0 Å². The maximum Gasteiger partial charge on any atom is 0.227 e. The number of amides is 1. The number of unbranched alkanes of at least 4 members (excludes halogenated alkanes) is 1. The Balaban J connectivity index is 1.30. The molecule has 37 heavy (non-hydrogen) atoms. The van der Waals surface area contributed by atoms with Crippen LogP contribution in [0.3, 0.4) is 0 Å². The number of benzene rings is 3. The van der Waals surface area contributed by atoms with Gasteiger partial charge in [-0.15, -0.1) is 0 Å². The lowest BCUT2D eigenvalue weighted by molar-refractivity contribution is -0.117. The molecule has 1 aromatic heterocycles. The molecule has 1 unspecified atom stereocenters. The highest BCUT2D eigenvalue weighted by molar-refractivity contribution is 6.32. The summed E-state index contributed by atoms with van der Waals surface area (Å²) in [4.78, 5) is 20.1. The number of halogens is 1. The zero-order valence-electron chi connectivity index (χ0n) is 22.1. The monoisotopic (exact) mass is 515 g/mol. The van der Waals surface area contributed by atoms with Crippen molar-refractivity contribution in [3.8, 4) is 5.75 Å². The lowest BCUT2D eigenvalue weighted by atomic mass is 10.1. The van der Waals surface area contributed by atoms with E-state index in [0.717, 1.165) is 75.0 Å². The highest BCUT2D eigenvalue weighted by atomic mass is 35.5. The van der Waals surface area contributed by atoms with Crippen LogP contribution in [0.25, 0.3) is 11.0 Å². The van der Waals surface area contributed by atoms with Gasteiger partial charge in [0.05, 0.1) is 17.6 Å². The van der Waals surface area contributed by atoms with E-state index in [9.17, 15) is 4.79 Å². The zero-order valence-corrected chi connectivity index (χ0v) is 22.8. The van der Waals surface area contributed by atoms with Gasteiger partial charge in [-0.1, -0.05) is 35.9 Å². The molecule has 0 radical (unpaired) electrons. The van der Waals surface area contributed by atoms with Gasteiger partial charge in [-0.25, -0.2) is 4.98 Å². The van der Waals surface area contributed by atoms with Gasteiger partial charge in [0.2, 0.25) is 5.91 Å². The van der Waals surface area contributed by atoms with Crippen LogP contribution in [0.5, 0.6) is 5.75 Å². The van der Waals surface area contributed by atoms with Crippen molar-refractivity contribution in [1.29, 1.82) is 0 Å². The quantitative estimate of drug-likeness (QED) is 0.231. The van der Waals surface area contributed by atoms with Crippen molar-refractivity contribution in [3.05, 3.63) is 87.7 Å². The van der Waals surface area contributed by atoms with Crippen molar-refractivity contribution in [3.63, 3.8) is 0 Å². The van der Waals surface area contributed by atoms with E-state index < -0.39 is 0 Å². The maximum absolute atomic E-state index is 13.1. The first-order valence-electron chi connectivity index (χ1n) is 13.0. The van der Waals surface area contributed by atoms with Gasteiger partial charge in [-0.05, 0) is 93.1 Å². The van der Waals surface area contributed by atoms with E-state index in [2.05, 4.69) is 54.8 Å². The molecule has 0 saturated carbocycles. The number of aromatic nitrogens is 2. The van der Waals surface area contributed by atoms with Crippen LogP contribution in [-0.4, -0.2) is 28.6 Å². The summed E-state index contributed by atoms with van der Waals surface area (Å²) >= 11 is 6.29. The van der Waals surface area contributed by atoms with Crippen molar-refractivity contribution < 1.29 is 9.53 Å². The normalized spacial score (nSPS) is 15.6. The summed E-state index contributed by atoms with van der Waals surface area (Å²) < 4.78 is 8.34. The first-order valence-corrected chi connectivity index (χ1v) is 13.4. The Bertz CT molecular complexity index is 1440. The Morgan fingerprint density at radius 2 is 1.73 bits per heavy atom. The number of hydrogen-bond acceptors (Lipinski definition) is 3. The topological polar surface area (TPSA) is 47.4 Å². The van der Waals surface area contributed by atoms with Gasteiger partial charge in [0.1, 0.15) is 11.6 Å². The van der Waals surface area contributed by atoms with E-state index in [0.29, 0.717) is 19.6 Å². The number of anilines is 1. The van der Waals surface area contributed by atoms with E-state index in [4.69, 9.17) is 21.3 Å². The van der Waals surface area contributed by atoms with Crippen LogP contribution in [0.15, 0.2) is 54.6 Å². The fourth-order valence-electron chi connectivity index (χ4n) is 5.32. The van der Waals surface area contributed by atoms with Gasteiger partial charge in [0.25, 0.3) is 0 Å². The van der Waals surface area contributed by atoms with Crippen LogP contribution >= 0.6 is 11.6 Å². The SMILES string of the molecule is Cc1ccc(C)c(N2CC(c3nc4ccccc4n3CCCCOc3cc(C)c(Cl)c(C)c3)CC2=O)c1. The summed E-state index contributed by atoms with van der Waals surface area (Å²) in [7, 11) is 0. The molecule has 192 valence electrons. The predicted molar refractivity (Wildman–Crippen MR) is 151 cm³/mol. The number of carbonyl (C=O) groups excluding carboxylic acids is 1. The molecule has 1 amide bonds. The molecule has 1 atom stereocenters. The summed E-state index contributed by atoms with van der Waals surface area (Å²) in [5.41, 5.74) is 7.48. The molecule has 2 heterocycles. The molecule has 5 rings (SSSR count). The Labute approximate surface area is 224 Å². The Morgan fingerprint density at radius 3 is 2.51 bits per heavy atom. The number of imidazole rings is 1. The predicted octanol–water partition coefficient (Wildman–Crippen LogP) is 7.30. The van der Waals surface area contributed by atoms with Gasteiger partial charge >= 0.3 is 0 Å². The number of nitrogens with zero attached hydrogens (tertiary/aromatic N) is 3. The minimum atomic E-state index is 0.0658. The minimum Gasteiger partial charge on any atom is -0.494 e. The number of carbonyl (C=O) groups is 1. The summed E-state index contributed by atoms with van der Waals surface area (Å²) in [5.74, 6) is 2.10. The summed E-state index contributed by atoms with van der Waals surface area (Å²) in [5, 5.41) is 0.799. The van der Waals surface area contributed by atoms with Gasteiger partial charge < -0.3 is 14.2 Å². The van der Waals surface area contributed by atoms with Crippen LogP contribution in [0.1, 0.15) is 53.3 Å². The second kappa shape index (κ2) is 10.6. The van der Waals surface area contributed by atoms with E-state index in [1.807, 2.05) is 36.9 Å². The van der Waals surface area contributed by atoms with Gasteiger partial charge in [0, 0.05) is 36.1 Å². The lowest BCUT2D eigenvalue weighted by Crippen LogP contribution is -2.25. The van der Waals surface area contributed by atoms with Crippen LogP contribution < -0.4 is 9.64 Å². The molecule has 0 aliphatic carbocycles. The highest BCUT2D eigenvalue weighted by Gasteiger charge is 2.35. The second-order valence-electron chi connectivity index (χ2n) is 10.2. The van der Waals surface area contributed by atoms with Crippen molar-refractivity contribution in [2.75, 3.05) is 18.1 Å². The molecular formula is C31H34ClN3O2. The molecule has 1 fully saturated rings. The number of fused-ring (bicyclic) bond motifs is 1. The minimum absolute atomic E-state index is 0.0658. The fraction of sp³-hybridized carbons (Fsp3) is 0.355. The van der Waals surface area contributed by atoms with Crippen molar-refractivity contribution in [2.45, 2.75) is 59.4 Å². The zero-order chi connectivity index (χ0) is 26.1. The van der Waals surface area contributed by atoms with Crippen LogP contribution in [0, 0.1) is 27.7 Å². The van der Waals surface area contributed by atoms with Gasteiger partial charge in [0.15, 0.2) is 0 Å². The molecular weight excluding hydrogens is 482 g/mol. The van der Waals surface area contributed by atoms with Crippen molar-refractivity contribution in [2.24, 2.45) is 0 Å². The molecule has 6 heteroatoms. The van der Waals surface area contributed by atoms with Crippen molar-refractivity contribution >= 4 is 34.2 Å². The molecule has 3 aromatic carbocycles. The first kappa shape index (κ1) is 25.3. The Morgan fingerprint density at radius 1 is 0.973 bits per heavy atom. The molecule has 1 saturated heterocycles. The smallest absolute Gasteiger partial charge is 0.227 e. The number of hydrogen-bond donors (Lipinski definition) is 0. The average Bonchev–Trinajstić information content (AvgIpc) is 3.44. The summed E-state index contributed by atoms with van der Waals surface area (Å²) in [6.45, 7) is 10.3. The number of para-hydroxylation sites is 2. The summed E-state index contributed by atoms with van der Waals surface area (Å²) in [6, 6.07) is 18.6. The van der Waals surface area contributed by atoms with E-state index in [1.54, 1.807) is 0 Å². The third-order valence-corrected chi connectivity index (χ3v) is 7.88. The molecule has 1 aliphatic rings. The molecule has 4 aromatic rings. The average molecular weight is 516 g/mol. The standard InChI is InChI=1S/C31H34ClN3O2/c1-20-11-12-21(2)28(15-20)35-19-24(18-29(35)36)31-33-26-9-5-6-10-27(26)34(31)13-7-8-14-37-25-16-22(3)30(32)23(4)17-25/h5-6,9-12,15-17,24H,7-8,13-14,18-19H2,1-4H3. The van der Waals surface area contributed by atoms with Gasteiger partial charge in [-0.2, -0.15) is 0 Å². The molecule has 1 aliphatic heterocycles. The summed E-state index contributed by atoms with van der Waals surface area (Å²) in [6.07, 6.45) is 2.36. The van der Waals surface area contributed by atoms with Crippen LogP contribution in [-0.2, 0) is 11.3 Å². The van der Waals surface area contributed by atoms with Gasteiger partial charge in [-0.3, -0.25) is 4.79 Å². The molecule has 5 nitrogen and oxygen atoms in total.